The molecular formula is C29H29F3O2. The van der Waals surface area contributed by atoms with Crippen LogP contribution < -0.4 is 4.74 Å². The Morgan fingerprint density at radius 3 is 2.24 bits per heavy atom. The van der Waals surface area contributed by atoms with Gasteiger partial charge in [0.25, 0.3) is 0 Å². The molecule has 5 heteroatoms. The second-order valence-corrected chi connectivity index (χ2v) is 8.58. The number of hydrogen-bond donors (Lipinski definition) is 0. The molecule has 0 aromatic heterocycles. The Bertz CT molecular complexity index is 1150. The third-order valence-corrected chi connectivity index (χ3v) is 6.20. The summed E-state index contributed by atoms with van der Waals surface area (Å²) >= 11 is 0. The fourth-order valence-electron chi connectivity index (χ4n) is 4.33. The number of hydrogen-bond acceptors (Lipinski definition) is 2. The smallest absolute Gasteiger partial charge is 0.201 e. The molecule has 1 heterocycles. The first-order chi connectivity index (χ1) is 16.5. The van der Waals surface area contributed by atoms with Gasteiger partial charge < -0.3 is 9.47 Å². The number of ether oxygens (including phenoxy) is 2. The Hall–Kier alpha value is -3.05. The Balaban J connectivity index is 1.51. The summed E-state index contributed by atoms with van der Waals surface area (Å²) in [5.41, 5.74) is 2.71. The van der Waals surface area contributed by atoms with E-state index < -0.39 is 11.6 Å². The second-order valence-electron chi connectivity index (χ2n) is 8.58. The zero-order valence-corrected chi connectivity index (χ0v) is 19.5. The Kier molecular flexibility index (Phi) is 7.73. The summed E-state index contributed by atoms with van der Waals surface area (Å²) in [7, 11) is 0. The van der Waals surface area contributed by atoms with E-state index >= 15 is 0 Å². The zero-order valence-electron chi connectivity index (χ0n) is 19.5. The molecule has 2 atom stereocenters. The molecule has 1 aliphatic rings. The van der Waals surface area contributed by atoms with Crippen LogP contribution in [0.4, 0.5) is 13.2 Å². The Morgan fingerprint density at radius 2 is 1.62 bits per heavy atom. The Morgan fingerprint density at radius 1 is 0.912 bits per heavy atom. The molecule has 0 saturated carbocycles. The molecule has 34 heavy (non-hydrogen) atoms. The van der Waals surface area contributed by atoms with Gasteiger partial charge in [-0.05, 0) is 61.1 Å². The van der Waals surface area contributed by atoms with Crippen molar-refractivity contribution >= 4 is 0 Å². The number of halogens is 3. The first kappa shape index (κ1) is 24.1. The summed E-state index contributed by atoms with van der Waals surface area (Å²) in [5.74, 6) is -2.18. The molecule has 2 unspecified atom stereocenters. The zero-order chi connectivity index (χ0) is 24.1. The lowest BCUT2D eigenvalue weighted by molar-refractivity contribution is 0.0326. The highest BCUT2D eigenvalue weighted by atomic mass is 19.2. The van der Waals surface area contributed by atoms with Gasteiger partial charge in [0.1, 0.15) is 5.82 Å². The van der Waals surface area contributed by atoms with Crippen molar-refractivity contribution in [3.63, 3.8) is 0 Å². The van der Waals surface area contributed by atoms with Crippen molar-refractivity contribution in [3.8, 4) is 28.0 Å². The first-order valence-corrected chi connectivity index (χ1v) is 11.8. The van der Waals surface area contributed by atoms with E-state index in [9.17, 15) is 13.2 Å². The number of allylic oxidation sites excluding steroid dienone is 1. The van der Waals surface area contributed by atoms with E-state index in [4.69, 9.17) is 9.47 Å². The van der Waals surface area contributed by atoms with Gasteiger partial charge in [0.2, 0.25) is 5.82 Å². The highest BCUT2D eigenvalue weighted by Gasteiger charge is 2.22. The maximum absolute atomic E-state index is 15.0. The molecule has 0 amide bonds. The van der Waals surface area contributed by atoms with Crippen LogP contribution in [0.25, 0.3) is 22.3 Å². The molecule has 0 bridgehead atoms. The predicted octanol–water partition coefficient (Wildman–Crippen LogP) is 8.07. The van der Waals surface area contributed by atoms with Gasteiger partial charge in [0.15, 0.2) is 11.6 Å². The largest absolute Gasteiger partial charge is 0.490 e. The van der Waals surface area contributed by atoms with Crippen LogP contribution in [0.15, 0.2) is 66.7 Å². The van der Waals surface area contributed by atoms with E-state index in [2.05, 4.69) is 6.08 Å². The minimum atomic E-state index is -1.000. The van der Waals surface area contributed by atoms with Crippen LogP contribution in [0, 0.1) is 17.5 Å². The van der Waals surface area contributed by atoms with Crippen LogP contribution in [0.3, 0.4) is 0 Å². The molecule has 0 aliphatic carbocycles. The average molecular weight is 467 g/mol. The van der Waals surface area contributed by atoms with Crippen LogP contribution in [-0.4, -0.2) is 19.3 Å². The van der Waals surface area contributed by atoms with Gasteiger partial charge >= 0.3 is 0 Å². The van der Waals surface area contributed by atoms with E-state index in [1.165, 1.54) is 12.1 Å². The monoisotopic (exact) mass is 466 g/mol. The van der Waals surface area contributed by atoms with Crippen molar-refractivity contribution in [3.05, 3.63) is 89.8 Å². The summed E-state index contributed by atoms with van der Waals surface area (Å²) in [4.78, 5) is 0. The van der Waals surface area contributed by atoms with E-state index in [0.717, 1.165) is 18.4 Å². The third-order valence-electron chi connectivity index (χ3n) is 6.20. The average Bonchev–Trinajstić information content (AvgIpc) is 2.86. The molecule has 2 nitrogen and oxygen atoms in total. The highest BCUT2D eigenvalue weighted by molar-refractivity contribution is 5.71. The van der Waals surface area contributed by atoms with Crippen LogP contribution in [0.1, 0.15) is 44.6 Å². The second kappa shape index (κ2) is 10.9. The van der Waals surface area contributed by atoms with Gasteiger partial charge in [-0.25, -0.2) is 8.78 Å². The number of rotatable bonds is 7. The van der Waals surface area contributed by atoms with E-state index in [-0.39, 0.29) is 29.2 Å². The molecule has 0 spiro atoms. The van der Waals surface area contributed by atoms with Crippen LogP contribution in [0.5, 0.6) is 5.75 Å². The lowest BCUT2D eigenvalue weighted by Gasteiger charge is -2.28. The van der Waals surface area contributed by atoms with Gasteiger partial charge in [-0.15, -0.1) is 0 Å². The van der Waals surface area contributed by atoms with Gasteiger partial charge in [0, 0.05) is 17.0 Å². The minimum Gasteiger partial charge on any atom is -0.490 e. The summed E-state index contributed by atoms with van der Waals surface area (Å²) in [5, 5.41) is 0. The van der Waals surface area contributed by atoms with Crippen molar-refractivity contribution in [1.29, 1.82) is 0 Å². The quantitative estimate of drug-likeness (QED) is 0.328. The van der Waals surface area contributed by atoms with Crippen LogP contribution in [0.2, 0.25) is 0 Å². The van der Waals surface area contributed by atoms with Gasteiger partial charge in [-0.1, -0.05) is 55.5 Å². The standard InChI is InChI=1S/C29H29F3O2/c1-3-5-23-12-10-22(18-34-23)21-11-13-24(26(30)17-21)19-6-8-20(9-7-19)25-14-15-27(33-16-4-2)29(32)28(25)31/h3,5-9,11,13-15,17,22-23H,4,10,12,16,18H2,1-2H3/b5-3+. The molecule has 3 aromatic carbocycles. The summed E-state index contributed by atoms with van der Waals surface area (Å²) < 4.78 is 55.1. The minimum absolute atomic E-state index is 0.0948. The molecule has 0 N–H and O–H groups in total. The predicted molar refractivity (Wildman–Crippen MR) is 130 cm³/mol. The van der Waals surface area contributed by atoms with Crippen molar-refractivity contribution in [2.75, 3.05) is 13.2 Å². The maximum atomic E-state index is 15.0. The van der Waals surface area contributed by atoms with Crippen LogP contribution >= 0.6 is 0 Å². The fraction of sp³-hybridized carbons (Fsp3) is 0.310. The summed E-state index contributed by atoms with van der Waals surface area (Å²) in [6.45, 7) is 4.77. The maximum Gasteiger partial charge on any atom is 0.201 e. The van der Waals surface area contributed by atoms with Crippen molar-refractivity contribution < 1.29 is 22.6 Å². The van der Waals surface area contributed by atoms with Crippen molar-refractivity contribution in [2.24, 2.45) is 0 Å². The molecule has 0 radical (unpaired) electrons. The first-order valence-electron chi connectivity index (χ1n) is 11.8. The van der Waals surface area contributed by atoms with Gasteiger partial charge in [0.05, 0.1) is 19.3 Å². The number of benzene rings is 3. The molecule has 178 valence electrons. The SMILES string of the molecule is C/C=C/C1CCC(c2ccc(-c3ccc(-c4ccc(OCCC)c(F)c4F)cc3)c(F)c2)CO1. The Labute approximate surface area is 199 Å². The van der Waals surface area contributed by atoms with E-state index in [1.54, 1.807) is 36.4 Å². The summed E-state index contributed by atoms with van der Waals surface area (Å²) in [6.07, 6.45) is 6.76. The lowest BCUT2D eigenvalue weighted by atomic mass is 9.89. The molecular weight excluding hydrogens is 437 g/mol. The van der Waals surface area contributed by atoms with Crippen molar-refractivity contribution in [2.45, 2.75) is 45.1 Å². The highest BCUT2D eigenvalue weighted by Crippen LogP contribution is 2.34. The van der Waals surface area contributed by atoms with Gasteiger partial charge in [-0.2, -0.15) is 4.39 Å². The molecule has 1 fully saturated rings. The fourth-order valence-corrected chi connectivity index (χ4v) is 4.33. The molecule has 4 rings (SSSR count). The normalized spacial score (nSPS) is 18.4. The van der Waals surface area contributed by atoms with E-state index in [1.807, 2.05) is 26.0 Å². The third kappa shape index (κ3) is 5.20. The van der Waals surface area contributed by atoms with Crippen LogP contribution in [-0.2, 0) is 4.74 Å². The molecule has 1 saturated heterocycles. The lowest BCUT2D eigenvalue weighted by Crippen LogP contribution is -2.23. The van der Waals surface area contributed by atoms with Gasteiger partial charge in [-0.3, -0.25) is 0 Å². The topological polar surface area (TPSA) is 18.5 Å². The van der Waals surface area contributed by atoms with Crippen molar-refractivity contribution in [1.82, 2.24) is 0 Å². The molecule has 3 aromatic rings. The summed E-state index contributed by atoms with van der Waals surface area (Å²) in [6, 6.07) is 15.0. The van der Waals surface area contributed by atoms with E-state index in [0.29, 0.717) is 36.3 Å². The molecule has 1 aliphatic heterocycles.